The standard InChI is InChI=1S/C19H22F3N5O.C6H8N2.HI/c1-10-6-27(4-5-28-10)16-25-14(13-15(26-16)24-12(3)11(2)23-13)17-7-18(8-17,9-17)19(20,21)22;1-4-7-8(5-1)6-2-3-6;/h10H,4-9H2,1-3H3;1,4-6H,2-3H2;1H/t10-,17?,18?;;/m0../s1. The molecule has 200 valence electrons. The highest BCUT2D eigenvalue weighted by Crippen LogP contribution is 2.78. The molecule has 4 saturated carbocycles. The van der Waals surface area contributed by atoms with Crippen molar-refractivity contribution in [2.75, 3.05) is 24.6 Å². The van der Waals surface area contributed by atoms with Gasteiger partial charge >= 0.3 is 6.18 Å². The van der Waals surface area contributed by atoms with Gasteiger partial charge < -0.3 is 9.64 Å². The smallest absolute Gasteiger partial charge is 0.375 e. The monoisotopic (exact) mass is 629 g/mol. The van der Waals surface area contributed by atoms with E-state index in [1.165, 1.54) is 12.8 Å². The van der Waals surface area contributed by atoms with Crippen LogP contribution >= 0.6 is 24.0 Å². The minimum absolute atomic E-state index is 0. The number of morpholine rings is 1. The molecule has 0 unspecified atom stereocenters. The normalized spacial score (nSPS) is 28.5. The molecule has 0 aromatic carbocycles. The van der Waals surface area contributed by atoms with E-state index in [-0.39, 0.29) is 49.3 Å². The van der Waals surface area contributed by atoms with Gasteiger partial charge in [-0.05, 0) is 58.9 Å². The van der Waals surface area contributed by atoms with Gasteiger partial charge in [0, 0.05) is 30.9 Å². The number of hydrogen-bond donors (Lipinski definition) is 0. The Hall–Kier alpha value is -2.09. The van der Waals surface area contributed by atoms with Gasteiger partial charge in [0.2, 0.25) is 5.95 Å². The van der Waals surface area contributed by atoms with Gasteiger partial charge in [0.05, 0.1) is 41.2 Å². The van der Waals surface area contributed by atoms with Gasteiger partial charge in [-0.25, -0.2) is 15.0 Å². The number of nitrogens with zero attached hydrogens (tertiary/aromatic N) is 7. The maximum atomic E-state index is 13.4. The number of halogens is 4. The van der Waals surface area contributed by atoms with Crippen LogP contribution in [0.4, 0.5) is 19.1 Å². The topological polar surface area (TPSA) is 81.8 Å². The van der Waals surface area contributed by atoms with Crippen LogP contribution in [-0.4, -0.2) is 61.7 Å². The summed E-state index contributed by atoms with van der Waals surface area (Å²) in [6.07, 6.45) is 2.65. The average molecular weight is 629 g/mol. The Morgan fingerprint density at radius 1 is 1.03 bits per heavy atom. The molecule has 5 fully saturated rings. The van der Waals surface area contributed by atoms with Crippen molar-refractivity contribution in [3.8, 4) is 0 Å². The lowest BCUT2D eigenvalue weighted by Crippen LogP contribution is -2.70. The first kappa shape index (κ1) is 26.5. The Kier molecular flexibility index (Phi) is 6.65. The molecule has 12 heteroatoms. The molecule has 1 aliphatic heterocycles. The molecule has 37 heavy (non-hydrogen) atoms. The van der Waals surface area contributed by atoms with E-state index < -0.39 is 17.0 Å². The molecule has 0 spiro atoms. The van der Waals surface area contributed by atoms with Crippen molar-refractivity contribution in [2.45, 2.75) is 76.6 Å². The van der Waals surface area contributed by atoms with E-state index in [1.54, 1.807) is 0 Å². The molecule has 5 aliphatic rings. The molecule has 1 saturated heterocycles. The summed E-state index contributed by atoms with van der Waals surface area (Å²) in [5.74, 6) is 0.515. The third kappa shape index (κ3) is 4.57. The minimum Gasteiger partial charge on any atom is -0.375 e. The van der Waals surface area contributed by atoms with Gasteiger partial charge in [0.1, 0.15) is 5.52 Å². The zero-order valence-corrected chi connectivity index (χ0v) is 23.5. The fourth-order valence-electron chi connectivity index (χ4n) is 5.79. The second-order valence-electron chi connectivity index (χ2n) is 10.9. The lowest BCUT2D eigenvalue weighted by Gasteiger charge is -2.70. The molecule has 1 atom stereocenters. The van der Waals surface area contributed by atoms with Gasteiger partial charge in [0.25, 0.3) is 0 Å². The second kappa shape index (κ2) is 9.28. The van der Waals surface area contributed by atoms with Crippen LogP contribution in [0.25, 0.3) is 11.2 Å². The molecule has 3 aromatic heterocycles. The molecule has 4 aliphatic carbocycles. The van der Waals surface area contributed by atoms with Crippen molar-refractivity contribution < 1.29 is 17.9 Å². The Morgan fingerprint density at radius 3 is 2.32 bits per heavy atom. The van der Waals surface area contributed by atoms with Crippen LogP contribution in [0.2, 0.25) is 0 Å². The van der Waals surface area contributed by atoms with Gasteiger partial charge in [-0.2, -0.15) is 23.3 Å². The molecular weight excluding hydrogens is 598 g/mol. The minimum atomic E-state index is -4.15. The number of aromatic nitrogens is 6. The van der Waals surface area contributed by atoms with Crippen LogP contribution in [-0.2, 0) is 10.2 Å². The first-order chi connectivity index (χ1) is 17.1. The summed E-state index contributed by atoms with van der Waals surface area (Å²) in [4.78, 5) is 20.6. The number of fused-ring (bicyclic) bond motifs is 1. The highest BCUT2D eigenvalue weighted by Gasteiger charge is 2.79. The molecule has 3 aromatic rings. The molecule has 8 rings (SSSR count). The van der Waals surface area contributed by atoms with Gasteiger partial charge in [-0.3, -0.25) is 4.68 Å². The van der Waals surface area contributed by atoms with E-state index in [0.29, 0.717) is 42.5 Å². The third-order valence-corrected chi connectivity index (χ3v) is 8.03. The fourth-order valence-corrected chi connectivity index (χ4v) is 5.79. The van der Waals surface area contributed by atoms with E-state index >= 15 is 0 Å². The average Bonchev–Trinajstić information content (AvgIpc) is 3.46. The Bertz CT molecular complexity index is 1280. The molecule has 0 amide bonds. The Labute approximate surface area is 230 Å². The fraction of sp³-hybridized carbons (Fsp3) is 0.640. The summed E-state index contributed by atoms with van der Waals surface area (Å²) in [5.41, 5.74) is 1.07. The molecular formula is C25H31F3IN7O. The maximum absolute atomic E-state index is 13.4. The van der Waals surface area contributed by atoms with E-state index in [1.807, 2.05) is 48.8 Å². The summed E-state index contributed by atoms with van der Waals surface area (Å²) >= 11 is 0. The van der Waals surface area contributed by atoms with Crippen LogP contribution in [0, 0.1) is 19.3 Å². The number of anilines is 1. The van der Waals surface area contributed by atoms with Crippen LogP contribution in [0.3, 0.4) is 0 Å². The van der Waals surface area contributed by atoms with Crippen LogP contribution in [0.5, 0.6) is 0 Å². The van der Waals surface area contributed by atoms with Crippen molar-refractivity contribution >= 4 is 41.1 Å². The van der Waals surface area contributed by atoms with E-state index in [9.17, 15) is 13.2 Å². The first-order valence-corrected chi connectivity index (χ1v) is 12.6. The molecule has 4 heterocycles. The number of alkyl halides is 3. The Balaban J connectivity index is 0.000000264. The van der Waals surface area contributed by atoms with Crippen molar-refractivity contribution in [3.63, 3.8) is 0 Å². The van der Waals surface area contributed by atoms with Crippen molar-refractivity contribution in [1.29, 1.82) is 0 Å². The lowest BCUT2D eigenvalue weighted by molar-refractivity contribution is -0.337. The highest BCUT2D eigenvalue weighted by atomic mass is 127. The van der Waals surface area contributed by atoms with Crippen molar-refractivity contribution in [3.05, 3.63) is 35.5 Å². The second-order valence-corrected chi connectivity index (χ2v) is 10.9. The molecule has 0 N–H and O–H groups in total. The lowest BCUT2D eigenvalue weighted by atomic mass is 9.34. The molecule has 2 bridgehead atoms. The molecule has 8 nitrogen and oxygen atoms in total. The van der Waals surface area contributed by atoms with Crippen LogP contribution < -0.4 is 4.90 Å². The van der Waals surface area contributed by atoms with Gasteiger partial charge in [0.15, 0.2) is 5.65 Å². The summed E-state index contributed by atoms with van der Waals surface area (Å²) < 4.78 is 47.7. The zero-order valence-electron chi connectivity index (χ0n) is 21.1. The van der Waals surface area contributed by atoms with E-state index in [4.69, 9.17) is 9.72 Å². The van der Waals surface area contributed by atoms with E-state index in [2.05, 4.69) is 20.1 Å². The predicted molar refractivity (Wildman–Crippen MR) is 142 cm³/mol. The number of ether oxygens (including phenoxy) is 1. The molecule has 0 radical (unpaired) electrons. The predicted octanol–water partition coefficient (Wildman–Crippen LogP) is 5.08. The summed E-state index contributed by atoms with van der Waals surface area (Å²) in [5, 5.41) is 4.09. The summed E-state index contributed by atoms with van der Waals surface area (Å²) in [7, 11) is 0. The van der Waals surface area contributed by atoms with Crippen LogP contribution in [0.15, 0.2) is 18.5 Å². The zero-order chi connectivity index (χ0) is 25.3. The number of aryl methyl sites for hydroxylation is 2. The van der Waals surface area contributed by atoms with Gasteiger partial charge in [-0.1, -0.05) is 0 Å². The summed E-state index contributed by atoms with van der Waals surface area (Å²) in [6.45, 7) is 7.55. The van der Waals surface area contributed by atoms with E-state index in [0.717, 1.165) is 17.4 Å². The maximum Gasteiger partial charge on any atom is 0.394 e. The number of rotatable bonds is 3. The summed E-state index contributed by atoms with van der Waals surface area (Å²) in [6, 6.07) is 2.71. The van der Waals surface area contributed by atoms with Crippen LogP contribution in [0.1, 0.15) is 62.2 Å². The largest absolute Gasteiger partial charge is 0.394 e. The van der Waals surface area contributed by atoms with Gasteiger partial charge in [-0.15, -0.1) is 24.0 Å². The third-order valence-electron chi connectivity index (χ3n) is 8.03. The number of hydrogen-bond acceptors (Lipinski definition) is 7. The quantitative estimate of drug-likeness (QED) is 0.374. The highest BCUT2D eigenvalue weighted by molar-refractivity contribution is 14.0. The Morgan fingerprint density at radius 2 is 1.73 bits per heavy atom. The SMILES string of the molecule is Cc1nc2nc(N3CCO[C@@H](C)C3)nc(C34CC(C(F)(F)F)(C3)C4)c2nc1C.I.c1cnn(C2CC2)c1. The first-order valence-electron chi connectivity index (χ1n) is 12.6. The van der Waals surface area contributed by atoms with Crippen molar-refractivity contribution in [2.24, 2.45) is 5.41 Å². The van der Waals surface area contributed by atoms with Crippen molar-refractivity contribution in [1.82, 2.24) is 29.7 Å².